The number of rotatable bonds is 12. The maximum absolute atomic E-state index is 11.2. The van der Waals surface area contributed by atoms with Gasteiger partial charge in [0.05, 0.1) is 13.2 Å². The molecule has 0 amide bonds. The maximum atomic E-state index is 11.2. The normalized spacial score (nSPS) is 10.2. The number of carbonyl (C=O) groups is 2. The van der Waals surface area contributed by atoms with Crippen LogP contribution in [0.1, 0.15) is 52.4 Å². The van der Waals surface area contributed by atoms with E-state index in [-0.39, 0.29) is 13.2 Å². The third kappa shape index (κ3) is 13.1. The molecule has 0 bridgehead atoms. The molecule has 5 nitrogen and oxygen atoms in total. The molecule has 0 aromatic rings. The highest BCUT2D eigenvalue weighted by atomic mass is 16.6. The van der Waals surface area contributed by atoms with E-state index in [1.54, 1.807) is 0 Å². The Bertz CT molecular complexity index is 216. The summed E-state index contributed by atoms with van der Waals surface area (Å²) in [6.07, 6.45) is 5.97. The highest BCUT2D eigenvalue weighted by molar-refractivity contribution is 5.73. The molecule has 0 aromatic heterocycles. The summed E-state index contributed by atoms with van der Waals surface area (Å²) in [5, 5.41) is 0. The third-order valence-corrected chi connectivity index (χ3v) is 2.46. The van der Waals surface area contributed by atoms with Gasteiger partial charge in [-0.2, -0.15) is 0 Å². The zero-order chi connectivity index (χ0) is 14.3. The second-order valence-electron chi connectivity index (χ2n) is 4.35. The maximum Gasteiger partial charge on any atom is 0.332 e. The number of unbranched alkanes of at least 4 members (excludes halogenated alkanes) is 4. The molecule has 0 rings (SSSR count). The fourth-order valence-electron chi connectivity index (χ4n) is 1.38. The molecule has 0 aromatic carbocycles. The van der Waals surface area contributed by atoms with Gasteiger partial charge in [-0.1, -0.05) is 39.5 Å². The van der Waals surface area contributed by atoms with Crippen molar-refractivity contribution < 1.29 is 23.8 Å². The summed E-state index contributed by atoms with van der Waals surface area (Å²) in [5.74, 6) is -0.871. The van der Waals surface area contributed by atoms with Gasteiger partial charge in [0.1, 0.15) is 13.2 Å². The molecule has 0 unspecified atom stereocenters. The van der Waals surface area contributed by atoms with Gasteiger partial charge in [0, 0.05) is 0 Å². The smallest absolute Gasteiger partial charge is 0.332 e. The Morgan fingerprint density at radius 3 is 1.53 bits per heavy atom. The fraction of sp³-hybridized carbons (Fsp3) is 0.857. The molecule has 0 aliphatic heterocycles. The molecule has 5 heteroatoms. The number of esters is 2. The largest absolute Gasteiger partial charge is 0.464 e. The first kappa shape index (κ1) is 17.9. The first-order valence-electron chi connectivity index (χ1n) is 7.09. The molecule has 0 fully saturated rings. The van der Waals surface area contributed by atoms with E-state index in [2.05, 4.69) is 13.8 Å². The van der Waals surface area contributed by atoms with Crippen LogP contribution in [-0.4, -0.2) is 38.4 Å². The topological polar surface area (TPSA) is 61.8 Å². The first-order chi connectivity index (χ1) is 9.20. The second-order valence-corrected chi connectivity index (χ2v) is 4.35. The number of hydrogen-bond acceptors (Lipinski definition) is 5. The van der Waals surface area contributed by atoms with E-state index in [1.165, 1.54) is 0 Å². The van der Waals surface area contributed by atoms with E-state index in [4.69, 9.17) is 14.2 Å². The van der Waals surface area contributed by atoms with Crippen LogP contribution in [0.4, 0.5) is 0 Å². The Labute approximate surface area is 115 Å². The van der Waals surface area contributed by atoms with Crippen molar-refractivity contribution in [1.82, 2.24) is 0 Å². The van der Waals surface area contributed by atoms with Crippen LogP contribution in [0.25, 0.3) is 0 Å². The molecule has 0 saturated heterocycles. The van der Waals surface area contributed by atoms with Crippen molar-refractivity contribution in [3.63, 3.8) is 0 Å². The van der Waals surface area contributed by atoms with Crippen molar-refractivity contribution >= 4 is 11.9 Å². The number of hydrogen-bond donors (Lipinski definition) is 0. The lowest BCUT2D eigenvalue weighted by Gasteiger charge is -2.06. The molecule has 0 aliphatic rings. The minimum absolute atomic E-state index is 0.198. The van der Waals surface area contributed by atoms with Crippen LogP contribution in [0.3, 0.4) is 0 Å². The van der Waals surface area contributed by atoms with Crippen molar-refractivity contribution in [1.29, 1.82) is 0 Å². The third-order valence-electron chi connectivity index (χ3n) is 2.46. The van der Waals surface area contributed by atoms with Gasteiger partial charge in [-0.15, -0.1) is 0 Å². The molecular formula is C14H26O5. The number of carbonyl (C=O) groups excluding carboxylic acids is 2. The summed E-state index contributed by atoms with van der Waals surface area (Å²) < 4.78 is 14.8. The van der Waals surface area contributed by atoms with Crippen molar-refractivity contribution in [2.45, 2.75) is 52.4 Å². The highest BCUT2D eigenvalue weighted by Gasteiger charge is 2.07. The predicted octanol–water partition coefficient (Wildman–Crippen LogP) is 2.47. The van der Waals surface area contributed by atoms with Crippen molar-refractivity contribution in [3.05, 3.63) is 0 Å². The molecule has 0 atom stereocenters. The molecule has 0 radical (unpaired) electrons. The van der Waals surface area contributed by atoms with Gasteiger partial charge in [-0.25, -0.2) is 9.59 Å². The van der Waals surface area contributed by atoms with Crippen LogP contribution in [0.15, 0.2) is 0 Å². The summed E-state index contributed by atoms with van der Waals surface area (Å²) in [6, 6.07) is 0. The molecule has 0 N–H and O–H groups in total. The van der Waals surface area contributed by atoms with Gasteiger partial charge in [0.2, 0.25) is 0 Å². The second kappa shape index (κ2) is 13.3. The van der Waals surface area contributed by atoms with E-state index in [0.717, 1.165) is 38.5 Å². The quantitative estimate of drug-likeness (QED) is 0.404. The van der Waals surface area contributed by atoms with Gasteiger partial charge in [0.25, 0.3) is 0 Å². The minimum atomic E-state index is -0.435. The van der Waals surface area contributed by atoms with Gasteiger partial charge in [0.15, 0.2) is 0 Å². The van der Waals surface area contributed by atoms with Crippen LogP contribution in [0.5, 0.6) is 0 Å². The summed E-state index contributed by atoms with van der Waals surface area (Å²) in [6.45, 7) is 4.59. The Hall–Kier alpha value is -1.10. The van der Waals surface area contributed by atoms with Gasteiger partial charge in [-0.05, 0) is 12.8 Å². The van der Waals surface area contributed by atoms with E-state index >= 15 is 0 Å². The van der Waals surface area contributed by atoms with Crippen LogP contribution in [-0.2, 0) is 23.8 Å². The van der Waals surface area contributed by atoms with Crippen LogP contribution >= 0.6 is 0 Å². The van der Waals surface area contributed by atoms with Gasteiger partial charge >= 0.3 is 11.9 Å². The molecule has 19 heavy (non-hydrogen) atoms. The van der Waals surface area contributed by atoms with Crippen LogP contribution < -0.4 is 0 Å². The lowest BCUT2D eigenvalue weighted by Crippen LogP contribution is -2.19. The Morgan fingerprint density at radius 1 is 0.737 bits per heavy atom. The summed E-state index contributed by atoms with van der Waals surface area (Å²) in [7, 11) is 0. The number of ether oxygens (including phenoxy) is 3. The van der Waals surface area contributed by atoms with E-state index in [9.17, 15) is 9.59 Å². The Morgan fingerprint density at radius 2 is 1.16 bits per heavy atom. The van der Waals surface area contributed by atoms with Gasteiger partial charge < -0.3 is 14.2 Å². The van der Waals surface area contributed by atoms with E-state index < -0.39 is 11.9 Å². The van der Waals surface area contributed by atoms with Crippen LogP contribution in [0, 0.1) is 0 Å². The molecule has 0 spiro atoms. The average molecular weight is 274 g/mol. The van der Waals surface area contributed by atoms with E-state index in [1.807, 2.05) is 0 Å². The Balaban J connectivity index is 3.35. The SMILES string of the molecule is CCCCCOC(=O)COCC(=O)OCCCCC. The predicted molar refractivity (Wildman–Crippen MR) is 71.8 cm³/mol. The Kier molecular flexibility index (Phi) is 12.6. The molecule has 112 valence electrons. The minimum Gasteiger partial charge on any atom is -0.464 e. The average Bonchev–Trinajstić information content (AvgIpc) is 2.40. The lowest BCUT2D eigenvalue weighted by atomic mass is 10.3. The van der Waals surface area contributed by atoms with Gasteiger partial charge in [-0.3, -0.25) is 0 Å². The summed E-state index contributed by atoms with van der Waals surface area (Å²) in [4.78, 5) is 22.4. The van der Waals surface area contributed by atoms with Crippen molar-refractivity contribution in [2.24, 2.45) is 0 Å². The molecule has 0 aliphatic carbocycles. The molecular weight excluding hydrogens is 248 g/mol. The summed E-state index contributed by atoms with van der Waals surface area (Å²) in [5.41, 5.74) is 0. The monoisotopic (exact) mass is 274 g/mol. The summed E-state index contributed by atoms with van der Waals surface area (Å²) >= 11 is 0. The molecule has 0 heterocycles. The standard InChI is InChI=1S/C14H26O5/c1-3-5-7-9-18-13(15)11-17-12-14(16)19-10-8-6-4-2/h3-12H2,1-2H3. The zero-order valence-electron chi connectivity index (χ0n) is 12.1. The highest BCUT2D eigenvalue weighted by Crippen LogP contribution is 1.96. The fourth-order valence-corrected chi connectivity index (χ4v) is 1.38. The van der Waals surface area contributed by atoms with Crippen molar-refractivity contribution in [3.8, 4) is 0 Å². The van der Waals surface area contributed by atoms with Crippen molar-refractivity contribution in [2.75, 3.05) is 26.4 Å². The van der Waals surface area contributed by atoms with Crippen LogP contribution in [0.2, 0.25) is 0 Å². The molecule has 0 saturated carbocycles. The first-order valence-corrected chi connectivity index (χ1v) is 7.09. The zero-order valence-corrected chi connectivity index (χ0v) is 12.1. The lowest BCUT2D eigenvalue weighted by molar-refractivity contribution is -0.155. The van der Waals surface area contributed by atoms with E-state index in [0.29, 0.717) is 13.2 Å².